The zero-order valence-electron chi connectivity index (χ0n) is 14.4. The van der Waals surface area contributed by atoms with E-state index in [0.29, 0.717) is 28.2 Å². The molecule has 0 unspecified atom stereocenters. The molecule has 0 aliphatic carbocycles. The van der Waals surface area contributed by atoms with Crippen LogP contribution < -0.4 is 22.5 Å². The quantitative estimate of drug-likeness (QED) is 0.336. The summed E-state index contributed by atoms with van der Waals surface area (Å²) in [5.41, 5.74) is -0.221. The maximum Gasteiger partial charge on any atom is 0.332 e. The number of aromatic amines is 3. The first-order chi connectivity index (χ1) is 12.2. The molecule has 12 heteroatoms. The molecular weight excluding hydrogens is 344 g/mol. The number of hydrogen-bond donors (Lipinski definition) is 3. The molecule has 0 saturated heterocycles. The van der Waals surface area contributed by atoms with E-state index in [9.17, 15) is 19.2 Å². The highest BCUT2D eigenvalue weighted by Gasteiger charge is 2.11. The van der Waals surface area contributed by atoms with Crippen LogP contribution in [0.3, 0.4) is 0 Å². The van der Waals surface area contributed by atoms with Crippen molar-refractivity contribution in [1.29, 1.82) is 0 Å². The van der Waals surface area contributed by atoms with Crippen LogP contribution in [0.4, 0.5) is 0 Å². The SMILES string of the molecule is Cc1nc2[nH]c(=O)[nH]c(=O)c2[nH]1.Cn1c(=O)c2c(ncn2C)n(C)c1=O. The van der Waals surface area contributed by atoms with Crippen molar-refractivity contribution in [3.8, 4) is 0 Å². The van der Waals surface area contributed by atoms with Crippen LogP contribution in [0.2, 0.25) is 0 Å². The van der Waals surface area contributed by atoms with Gasteiger partial charge in [-0.25, -0.2) is 19.6 Å². The highest BCUT2D eigenvalue weighted by atomic mass is 16.2. The number of nitrogens with zero attached hydrogens (tertiary/aromatic N) is 5. The summed E-state index contributed by atoms with van der Waals surface area (Å²) in [7, 11) is 4.77. The van der Waals surface area contributed by atoms with Crippen LogP contribution >= 0.6 is 0 Å². The molecule has 0 bridgehead atoms. The standard InChI is InChI=1S/C8H10N4O2.C6H6N4O2/c1-10-4-9-6-5(10)7(13)12(3)8(14)11(6)2;1-2-7-3-4(8-2)9-6(12)10-5(3)11/h4H,1-3H3;1H3,(H3,7,8,9,10,11,12). The Balaban J connectivity index is 0.000000152. The normalized spacial score (nSPS) is 10.9. The number of nitrogens with one attached hydrogen (secondary N) is 3. The van der Waals surface area contributed by atoms with Crippen molar-refractivity contribution < 1.29 is 0 Å². The monoisotopic (exact) mass is 360 g/mol. The molecule has 12 nitrogen and oxygen atoms in total. The summed E-state index contributed by atoms with van der Waals surface area (Å²) in [5.74, 6) is 0.595. The molecule has 26 heavy (non-hydrogen) atoms. The van der Waals surface area contributed by atoms with E-state index in [-0.39, 0.29) is 11.2 Å². The number of fused-ring (bicyclic) bond motifs is 2. The van der Waals surface area contributed by atoms with Crippen LogP contribution in [0.25, 0.3) is 22.3 Å². The lowest BCUT2D eigenvalue weighted by atomic mass is 10.5. The van der Waals surface area contributed by atoms with Crippen molar-refractivity contribution in [3.63, 3.8) is 0 Å². The van der Waals surface area contributed by atoms with Crippen molar-refractivity contribution in [3.05, 3.63) is 53.8 Å². The molecule has 4 aromatic rings. The molecule has 4 rings (SSSR count). The Bertz CT molecular complexity index is 1360. The third-order valence-electron chi connectivity index (χ3n) is 3.82. The number of rotatable bonds is 0. The number of hydrogen-bond acceptors (Lipinski definition) is 6. The van der Waals surface area contributed by atoms with Gasteiger partial charge in [-0.15, -0.1) is 0 Å². The molecule has 0 aliphatic rings. The minimum atomic E-state index is -0.543. The van der Waals surface area contributed by atoms with Gasteiger partial charge >= 0.3 is 11.4 Å². The third kappa shape index (κ3) is 2.66. The molecule has 4 aromatic heterocycles. The summed E-state index contributed by atoms with van der Waals surface area (Å²) >= 11 is 0. The molecule has 0 atom stereocenters. The van der Waals surface area contributed by atoms with Crippen molar-refractivity contribution in [2.75, 3.05) is 0 Å². The fourth-order valence-corrected chi connectivity index (χ4v) is 2.52. The topological polar surface area (TPSA) is 156 Å². The van der Waals surface area contributed by atoms with Gasteiger partial charge in [-0.3, -0.25) is 28.7 Å². The van der Waals surface area contributed by atoms with Gasteiger partial charge in [-0.05, 0) is 6.92 Å². The van der Waals surface area contributed by atoms with Crippen LogP contribution in [-0.4, -0.2) is 38.6 Å². The van der Waals surface area contributed by atoms with Gasteiger partial charge in [-0.2, -0.15) is 0 Å². The lowest BCUT2D eigenvalue weighted by Gasteiger charge is -2.02. The lowest BCUT2D eigenvalue weighted by Crippen LogP contribution is -2.37. The van der Waals surface area contributed by atoms with Crippen molar-refractivity contribution in [1.82, 2.24) is 38.6 Å². The molecule has 0 aromatic carbocycles. The molecule has 136 valence electrons. The summed E-state index contributed by atoms with van der Waals surface area (Å²) in [4.78, 5) is 60.1. The van der Waals surface area contributed by atoms with Crippen LogP contribution in [0.15, 0.2) is 25.5 Å². The predicted octanol–water partition coefficient (Wildman–Crippen LogP) is -1.78. The van der Waals surface area contributed by atoms with Gasteiger partial charge in [0.15, 0.2) is 16.8 Å². The first-order valence-corrected chi connectivity index (χ1v) is 7.46. The van der Waals surface area contributed by atoms with E-state index in [2.05, 4.69) is 24.9 Å². The molecule has 0 fully saturated rings. The molecular formula is C14H16N8O4. The number of imidazole rings is 2. The summed E-state index contributed by atoms with van der Waals surface area (Å²) in [6.45, 7) is 1.71. The van der Waals surface area contributed by atoms with Crippen molar-refractivity contribution in [2.24, 2.45) is 21.1 Å². The average molecular weight is 360 g/mol. The fourth-order valence-electron chi connectivity index (χ4n) is 2.52. The highest BCUT2D eigenvalue weighted by molar-refractivity contribution is 5.69. The third-order valence-corrected chi connectivity index (χ3v) is 3.82. The maximum atomic E-state index is 11.7. The van der Waals surface area contributed by atoms with E-state index in [1.807, 2.05) is 0 Å². The molecule has 4 heterocycles. The van der Waals surface area contributed by atoms with Crippen molar-refractivity contribution in [2.45, 2.75) is 6.92 Å². The van der Waals surface area contributed by atoms with Gasteiger partial charge in [0.25, 0.3) is 11.1 Å². The van der Waals surface area contributed by atoms with Crippen LogP contribution in [0, 0.1) is 6.92 Å². The summed E-state index contributed by atoms with van der Waals surface area (Å²) in [6.07, 6.45) is 1.52. The Morgan fingerprint density at radius 2 is 1.65 bits per heavy atom. The molecule has 0 amide bonds. The Kier molecular flexibility index (Phi) is 3.94. The highest BCUT2D eigenvalue weighted by Crippen LogP contribution is 2.01. The predicted molar refractivity (Wildman–Crippen MR) is 93.3 cm³/mol. The largest absolute Gasteiger partial charge is 0.336 e. The van der Waals surface area contributed by atoms with Gasteiger partial charge in [0.1, 0.15) is 11.3 Å². The van der Waals surface area contributed by atoms with Gasteiger partial charge in [0.05, 0.1) is 6.33 Å². The second-order valence-corrected chi connectivity index (χ2v) is 5.69. The van der Waals surface area contributed by atoms with E-state index < -0.39 is 11.2 Å². The van der Waals surface area contributed by atoms with E-state index in [0.717, 1.165) is 4.57 Å². The smallest absolute Gasteiger partial charge is 0.332 e. The Hall–Kier alpha value is -3.70. The second kappa shape index (κ2) is 5.98. The number of aryl methyl sites for hydroxylation is 3. The number of H-pyrrole nitrogens is 3. The second-order valence-electron chi connectivity index (χ2n) is 5.69. The Labute approximate surface area is 143 Å². The molecule has 0 spiro atoms. The molecule has 0 saturated carbocycles. The molecule has 0 aliphatic heterocycles. The zero-order valence-corrected chi connectivity index (χ0v) is 14.4. The van der Waals surface area contributed by atoms with Gasteiger partial charge in [0, 0.05) is 21.1 Å². The first kappa shape index (κ1) is 17.1. The Morgan fingerprint density at radius 1 is 0.962 bits per heavy atom. The molecule has 3 N–H and O–H groups in total. The number of aromatic nitrogens is 8. The maximum absolute atomic E-state index is 11.7. The van der Waals surface area contributed by atoms with E-state index in [4.69, 9.17) is 0 Å². The Morgan fingerprint density at radius 3 is 2.35 bits per heavy atom. The van der Waals surface area contributed by atoms with E-state index in [1.54, 1.807) is 25.6 Å². The fraction of sp³-hybridized carbons (Fsp3) is 0.286. The average Bonchev–Trinajstić information content (AvgIpc) is 3.14. The summed E-state index contributed by atoms with van der Waals surface area (Å²) < 4.78 is 4.04. The minimum Gasteiger partial charge on any atom is -0.336 e. The van der Waals surface area contributed by atoms with Gasteiger partial charge in [-0.1, -0.05) is 0 Å². The van der Waals surface area contributed by atoms with Crippen molar-refractivity contribution >= 4 is 22.3 Å². The van der Waals surface area contributed by atoms with Gasteiger partial charge < -0.3 is 9.55 Å². The zero-order chi connectivity index (χ0) is 19.2. The lowest BCUT2D eigenvalue weighted by molar-refractivity contribution is 0.705. The minimum absolute atomic E-state index is 0.293. The van der Waals surface area contributed by atoms with E-state index >= 15 is 0 Å². The summed E-state index contributed by atoms with van der Waals surface area (Å²) in [6, 6.07) is 0. The summed E-state index contributed by atoms with van der Waals surface area (Å²) in [5, 5.41) is 0. The molecule has 0 radical (unpaired) electrons. The van der Waals surface area contributed by atoms with E-state index in [1.165, 1.54) is 17.9 Å². The first-order valence-electron chi connectivity index (χ1n) is 7.46. The van der Waals surface area contributed by atoms with Crippen LogP contribution in [0.5, 0.6) is 0 Å². The van der Waals surface area contributed by atoms with Gasteiger partial charge in [0.2, 0.25) is 0 Å². The van der Waals surface area contributed by atoms with Crippen LogP contribution in [-0.2, 0) is 21.1 Å². The van der Waals surface area contributed by atoms with Crippen LogP contribution in [0.1, 0.15) is 5.82 Å².